The molecule has 1 amide bonds. The van der Waals surface area contributed by atoms with E-state index in [0.29, 0.717) is 44.1 Å². The van der Waals surface area contributed by atoms with Crippen LogP contribution in [0.4, 0.5) is 5.69 Å². The summed E-state index contributed by atoms with van der Waals surface area (Å²) >= 11 is 13.6. The van der Waals surface area contributed by atoms with E-state index in [2.05, 4.69) is 22.1 Å². The highest BCUT2D eigenvalue weighted by atomic mass is 35.5. The molecular weight excluding hydrogens is 457 g/mol. The fraction of sp³-hybridized carbons (Fsp3) is 0.143. The molecule has 0 unspecified atom stereocenters. The van der Waals surface area contributed by atoms with E-state index in [4.69, 9.17) is 23.2 Å². The molecule has 31 heavy (non-hydrogen) atoms. The molecule has 0 aliphatic rings. The second-order valence-electron chi connectivity index (χ2n) is 6.73. The molecule has 0 radical (unpaired) electrons. The SMILES string of the molecule is C=CCn1c(=O)c2ccccc2n2c(SCC(=O)Nc3c(Cl)ccc(C)c3Cl)nnc12. The third-order valence-corrected chi connectivity index (χ3v) is 6.40. The number of allylic oxidation sites excluding steroid dienone is 1. The van der Waals surface area contributed by atoms with Crippen molar-refractivity contribution < 1.29 is 4.79 Å². The Morgan fingerprint density at radius 2 is 2.00 bits per heavy atom. The van der Waals surface area contributed by atoms with Gasteiger partial charge in [0.1, 0.15) is 0 Å². The third-order valence-electron chi connectivity index (χ3n) is 4.67. The first kappa shape index (κ1) is 21.4. The van der Waals surface area contributed by atoms with Crippen molar-refractivity contribution in [1.29, 1.82) is 0 Å². The highest BCUT2D eigenvalue weighted by Crippen LogP contribution is 2.33. The molecule has 2 aromatic heterocycles. The second kappa shape index (κ2) is 8.74. The molecule has 0 saturated heterocycles. The van der Waals surface area contributed by atoms with Gasteiger partial charge >= 0.3 is 0 Å². The Morgan fingerprint density at radius 3 is 2.77 bits per heavy atom. The maximum atomic E-state index is 12.8. The zero-order chi connectivity index (χ0) is 22.1. The molecule has 0 fully saturated rings. The number of thioether (sulfide) groups is 1. The van der Waals surface area contributed by atoms with Gasteiger partial charge < -0.3 is 5.32 Å². The molecule has 0 atom stereocenters. The van der Waals surface area contributed by atoms with E-state index in [1.807, 2.05) is 19.1 Å². The van der Waals surface area contributed by atoms with Gasteiger partial charge in [0.15, 0.2) is 5.16 Å². The van der Waals surface area contributed by atoms with Gasteiger partial charge in [0.25, 0.3) is 5.56 Å². The average Bonchev–Trinajstić information content (AvgIpc) is 3.19. The van der Waals surface area contributed by atoms with Crippen molar-refractivity contribution in [2.24, 2.45) is 0 Å². The van der Waals surface area contributed by atoms with Crippen molar-refractivity contribution in [3.8, 4) is 0 Å². The molecule has 4 rings (SSSR count). The molecule has 1 N–H and O–H groups in total. The summed E-state index contributed by atoms with van der Waals surface area (Å²) < 4.78 is 3.27. The van der Waals surface area contributed by atoms with Crippen LogP contribution in [0.2, 0.25) is 10.0 Å². The number of benzene rings is 2. The van der Waals surface area contributed by atoms with Crippen LogP contribution >= 0.6 is 35.0 Å². The number of rotatable bonds is 6. The molecule has 0 aliphatic heterocycles. The maximum Gasteiger partial charge on any atom is 0.263 e. The van der Waals surface area contributed by atoms with Gasteiger partial charge in [-0.3, -0.25) is 18.6 Å². The highest BCUT2D eigenvalue weighted by molar-refractivity contribution is 7.99. The van der Waals surface area contributed by atoms with Crippen LogP contribution < -0.4 is 10.9 Å². The van der Waals surface area contributed by atoms with Crippen molar-refractivity contribution >= 4 is 63.2 Å². The lowest BCUT2D eigenvalue weighted by molar-refractivity contribution is -0.113. The first-order valence-electron chi connectivity index (χ1n) is 9.27. The maximum absolute atomic E-state index is 12.8. The molecule has 10 heteroatoms. The van der Waals surface area contributed by atoms with E-state index in [1.54, 1.807) is 34.7 Å². The number of carbonyl (C=O) groups is 1. The quantitative estimate of drug-likeness (QED) is 0.327. The number of nitrogens with one attached hydrogen (secondary N) is 1. The average molecular weight is 474 g/mol. The van der Waals surface area contributed by atoms with Crippen LogP contribution in [0.15, 0.2) is 59.0 Å². The first-order valence-corrected chi connectivity index (χ1v) is 11.0. The number of fused-ring (bicyclic) bond motifs is 3. The molecule has 0 spiro atoms. The first-order chi connectivity index (χ1) is 14.9. The minimum absolute atomic E-state index is 0.0519. The molecule has 2 heterocycles. The Balaban J connectivity index is 1.67. The molecule has 0 saturated carbocycles. The van der Waals surface area contributed by atoms with Crippen LogP contribution in [0.5, 0.6) is 0 Å². The molecule has 158 valence electrons. The molecule has 0 bridgehead atoms. The van der Waals surface area contributed by atoms with Gasteiger partial charge in [-0.05, 0) is 30.7 Å². The second-order valence-corrected chi connectivity index (χ2v) is 8.46. The highest BCUT2D eigenvalue weighted by Gasteiger charge is 2.18. The Morgan fingerprint density at radius 1 is 1.23 bits per heavy atom. The van der Waals surface area contributed by atoms with Gasteiger partial charge in [0, 0.05) is 6.54 Å². The zero-order valence-corrected chi connectivity index (χ0v) is 18.8. The largest absolute Gasteiger partial charge is 0.323 e. The van der Waals surface area contributed by atoms with E-state index >= 15 is 0 Å². The van der Waals surface area contributed by atoms with Crippen molar-refractivity contribution in [2.75, 3.05) is 11.1 Å². The fourth-order valence-corrected chi connectivity index (χ4v) is 4.40. The predicted molar refractivity (Wildman–Crippen MR) is 126 cm³/mol. The van der Waals surface area contributed by atoms with Crippen LogP contribution in [-0.4, -0.2) is 30.8 Å². The summed E-state index contributed by atoms with van der Waals surface area (Å²) in [4.78, 5) is 25.4. The molecule has 7 nitrogen and oxygen atoms in total. The Bertz CT molecular complexity index is 1400. The minimum atomic E-state index is -0.292. The topological polar surface area (TPSA) is 81.3 Å². The van der Waals surface area contributed by atoms with E-state index in [-0.39, 0.29) is 17.2 Å². The number of carbonyl (C=O) groups excluding carboxylic acids is 1. The van der Waals surface area contributed by atoms with Gasteiger partial charge in [-0.25, -0.2) is 0 Å². The van der Waals surface area contributed by atoms with Crippen LogP contribution in [0.1, 0.15) is 5.56 Å². The van der Waals surface area contributed by atoms with Crippen molar-refractivity contribution in [3.63, 3.8) is 0 Å². The number of para-hydroxylation sites is 1. The smallest absolute Gasteiger partial charge is 0.263 e. The molecule has 4 aromatic rings. The Kier molecular flexibility index (Phi) is 6.04. The number of halogens is 2. The molecule has 2 aromatic carbocycles. The monoisotopic (exact) mass is 473 g/mol. The van der Waals surface area contributed by atoms with Crippen LogP contribution in [-0.2, 0) is 11.3 Å². The summed E-state index contributed by atoms with van der Waals surface area (Å²) in [5, 5.41) is 12.9. The van der Waals surface area contributed by atoms with Gasteiger partial charge in [-0.2, -0.15) is 0 Å². The van der Waals surface area contributed by atoms with Crippen LogP contribution in [0.3, 0.4) is 0 Å². The Labute approximate surface area is 191 Å². The van der Waals surface area contributed by atoms with E-state index in [9.17, 15) is 9.59 Å². The lowest BCUT2D eigenvalue weighted by Crippen LogP contribution is -2.22. The predicted octanol–water partition coefficient (Wildman–Crippen LogP) is 4.58. The van der Waals surface area contributed by atoms with Gasteiger partial charge in [-0.1, -0.05) is 59.2 Å². The van der Waals surface area contributed by atoms with Crippen molar-refractivity contribution in [2.45, 2.75) is 18.6 Å². The van der Waals surface area contributed by atoms with Crippen molar-refractivity contribution in [1.82, 2.24) is 19.2 Å². The molecule has 0 aliphatic carbocycles. The van der Waals surface area contributed by atoms with Crippen LogP contribution in [0.25, 0.3) is 16.7 Å². The summed E-state index contributed by atoms with van der Waals surface area (Å²) in [6, 6.07) is 10.7. The number of hydrogen-bond acceptors (Lipinski definition) is 5. The number of anilines is 1. The van der Waals surface area contributed by atoms with Crippen molar-refractivity contribution in [3.05, 3.63) is 75.0 Å². The van der Waals surface area contributed by atoms with Gasteiger partial charge in [0.05, 0.1) is 32.4 Å². The lowest BCUT2D eigenvalue weighted by atomic mass is 10.2. The van der Waals surface area contributed by atoms with Crippen LogP contribution in [0, 0.1) is 6.92 Å². The third kappa shape index (κ3) is 3.94. The van der Waals surface area contributed by atoms with Gasteiger partial charge in [-0.15, -0.1) is 16.8 Å². The lowest BCUT2D eigenvalue weighted by Gasteiger charge is -2.11. The summed E-state index contributed by atoms with van der Waals surface area (Å²) in [6.07, 6.45) is 1.63. The number of aromatic nitrogens is 4. The summed E-state index contributed by atoms with van der Waals surface area (Å²) in [5.74, 6) is 0.146. The summed E-state index contributed by atoms with van der Waals surface area (Å²) in [6.45, 7) is 5.84. The normalized spacial score (nSPS) is 11.2. The zero-order valence-electron chi connectivity index (χ0n) is 16.4. The fourth-order valence-electron chi connectivity index (χ4n) is 3.20. The number of aryl methyl sites for hydroxylation is 1. The van der Waals surface area contributed by atoms with E-state index < -0.39 is 0 Å². The Hall–Kier alpha value is -2.81. The summed E-state index contributed by atoms with van der Waals surface area (Å²) in [5.41, 5.74) is 1.68. The summed E-state index contributed by atoms with van der Waals surface area (Å²) in [7, 11) is 0. The van der Waals surface area contributed by atoms with Gasteiger partial charge in [0.2, 0.25) is 11.7 Å². The number of amides is 1. The van der Waals surface area contributed by atoms with E-state index in [1.165, 1.54) is 16.3 Å². The van der Waals surface area contributed by atoms with E-state index in [0.717, 1.165) is 5.56 Å². The standard InChI is InChI=1S/C21H17Cl2N5O2S/c1-3-10-27-19(30)13-6-4-5-7-15(13)28-20(27)25-26-21(28)31-11-16(29)24-18-14(22)9-8-12(2)17(18)23/h3-9H,1,10-11H2,2H3,(H,24,29). The molecular formula is C21H17Cl2N5O2S. The number of nitrogens with zero attached hydrogens (tertiary/aromatic N) is 4. The number of hydrogen-bond donors (Lipinski definition) is 1. The minimum Gasteiger partial charge on any atom is -0.323 e.